The second-order valence-corrected chi connectivity index (χ2v) is 6.18. The Balaban J connectivity index is 1.97. The molecule has 0 aliphatic carbocycles. The van der Waals surface area contributed by atoms with Gasteiger partial charge in [0.2, 0.25) is 5.91 Å². The van der Waals surface area contributed by atoms with Crippen LogP contribution in [0.2, 0.25) is 5.02 Å². The van der Waals surface area contributed by atoms with Gasteiger partial charge in [0.15, 0.2) is 0 Å². The summed E-state index contributed by atoms with van der Waals surface area (Å²) in [7, 11) is 1.67. The number of non-ortho nitro benzene ring substituents is 1. The Bertz CT molecular complexity index is 744. The summed E-state index contributed by atoms with van der Waals surface area (Å²) in [5.41, 5.74) is 2.82. The molecule has 0 saturated heterocycles. The third-order valence-electron chi connectivity index (χ3n) is 3.82. The molecule has 0 fully saturated rings. The Kier molecular flexibility index (Phi) is 5.93. The lowest BCUT2D eigenvalue weighted by molar-refractivity contribution is -0.384. The highest BCUT2D eigenvalue weighted by Gasteiger charge is 2.14. The number of carbonyl (C=O) groups is 1. The zero-order chi connectivity index (χ0) is 17.7. The van der Waals surface area contributed by atoms with Gasteiger partial charge in [0, 0.05) is 37.2 Å². The molecule has 0 unspecified atom stereocenters. The van der Waals surface area contributed by atoms with Gasteiger partial charge in [0.05, 0.1) is 4.92 Å². The van der Waals surface area contributed by atoms with Crippen molar-refractivity contribution in [3.05, 3.63) is 74.3 Å². The minimum atomic E-state index is -0.473. The molecular weight excluding hydrogens is 328 g/mol. The van der Waals surface area contributed by atoms with Crippen molar-refractivity contribution in [3.63, 3.8) is 0 Å². The van der Waals surface area contributed by atoms with Crippen LogP contribution in [-0.2, 0) is 17.8 Å². The van der Waals surface area contributed by atoms with Crippen LogP contribution in [0, 0.1) is 17.0 Å². The van der Waals surface area contributed by atoms with Crippen LogP contribution in [0.25, 0.3) is 0 Å². The fraction of sp³-hybridized carbons (Fsp3) is 0.278. The van der Waals surface area contributed by atoms with Gasteiger partial charge >= 0.3 is 0 Å². The van der Waals surface area contributed by atoms with Crippen molar-refractivity contribution >= 4 is 23.2 Å². The van der Waals surface area contributed by atoms with Gasteiger partial charge in [-0.3, -0.25) is 14.9 Å². The number of amides is 1. The third kappa shape index (κ3) is 4.80. The zero-order valence-corrected chi connectivity index (χ0v) is 14.4. The fourth-order valence-electron chi connectivity index (χ4n) is 2.34. The number of halogens is 1. The minimum absolute atomic E-state index is 0.0295. The Morgan fingerprint density at radius 2 is 1.88 bits per heavy atom. The largest absolute Gasteiger partial charge is 0.341 e. The van der Waals surface area contributed by atoms with Crippen LogP contribution in [-0.4, -0.2) is 22.8 Å². The van der Waals surface area contributed by atoms with E-state index < -0.39 is 4.92 Å². The molecule has 0 spiro atoms. The first kappa shape index (κ1) is 17.9. The summed E-state index contributed by atoms with van der Waals surface area (Å²) in [6, 6.07) is 12.3. The number of nitrogens with zero attached hydrogens (tertiary/aromatic N) is 2. The highest BCUT2D eigenvalue weighted by molar-refractivity contribution is 6.31. The summed E-state index contributed by atoms with van der Waals surface area (Å²) in [6.07, 6.45) is 1.04. The van der Waals surface area contributed by atoms with Crippen molar-refractivity contribution in [3.8, 4) is 0 Å². The summed E-state index contributed by atoms with van der Waals surface area (Å²) in [5.74, 6) is -0.0295. The Morgan fingerprint density at radius 3 is 2.50 bits per heavy atom. The van der Waals surface area contributed by atoms with Crippen molar-refractivity contribution in [2.24, 2.45) is 0 Å². The molecule has 126 valence electrons. The number of benzene rings is 2. The minimum Gasteiger partial charge on any atom is -0.341 e. The van der Waals surface area contributed by atoms with Gasteiger partial charge in [0.1, 0.15) is 0 Å². The first-order valence-corrected chi connectivity index (χ1v) is 7.97. The summed E-state index contributed by atoms with van der Waals surface area (Å²) in [5, 5.41) is 11.3. The van der Waals surface area contributed by atoms with Crippen LogP contribution in [0.4, 0.5) is 5.69 Å². The van der Waals surface area contributed by atoms with E-state index in [1.54, 1.807) is 11.9 Å². The number of nitro benzene ring substituents is 1. The van der Waals surface area contributed by atoms with Crippen molar-refractivity contribution in [1.82, 2.24) is 4.90 Å². The topological polar surface area (TPSA) is 63.5 Å². The van der Waals surface area contributed by atoms with E-state index in [-0.39, 0.29) is 18.1 Å². The highest BCUT2D eigenvalue weighted by Crippen LogP contribution is 2.23. The maximum atomic E-state index is 12.3. The van der Waals surface area contributed by atoms with E-state index in [9.17, 15) is 14.9 Å². The molecule has 0 aliphatic rings. The molecule has 0 radical (unpaired) electrons. The predicted octanol–water partition coefficient (Wildman–Crippen LogP) is 4.15. The van der Waals surface area contributed by atoms with Crippen LogP contribution in [0.3, 0.4) is 0 Å². The van der Waals surface area contributed by atoms with Crippen LogP contribution >= 0.6 is 11.6 Å². The molecule has 0 bridgehead atoms. The molecule has 1 amide bonds. The molecule has 0 atom stereocenters. The lowest BCUT2D eigenvalue weighted by atomic mass is 10.1. The van der Waals surface area contributed by atoms with E-state index in [0.717, 1.165) is 5.56 Å². The molecule has 0 N–H and O–H groups in total. The summed E-state index contributed by atoms with van der Waals surface area (Å²) < 4.78 is 0. The predicted molar refractivity (Wildman–Crippen MR) is 94.1 cm³/mol. The number of aryl methyl sites for hydroxylation is 2. The molecule has 0 saturated carbocycles. The second-order valence-electron chi connectivity index (χ2n) is 5.77. The van der Waals surface area contributed by atoms with E-state index in [0.29, 0.717) is 23.4 Å². The standard InChI is InChI=1S/C18H19ClN2O3/c1-13-3-5-14(6-4-13)7-10-18(22)20(2)12-15-11-16(21(23)24)8-9-17(15)19/h3-6,8-9,11H,7,10,12H2,1-2H3. The van der Waals surface area contributed by atoms with Gasteiger partial charge in [0.25, 0.3) is 5.69 Å². The molecule has 2 aromatic carbocycles. The highest BCUT2D eigenvalue weighted by atomic mass is 35.5. The maximum Gasteiger partial charge on any atom is 0.269 e. The molecular formula is C18H19ClN2O3. The van der Waals surface area contributed by atoms with Crippen LogP contribution in [0.5, 0.6) is 0 Å². The first-order valence-electron chi connectivity index (χ1n) is 7.59. The average Bonchev–Trinajstić information content (AvgIpc) is 2.55. The van der Waals surface area contributed by atoms with E-state index in [1.165, 1.54) is 23.8 Å². The van der Waals surface area contributed by atoms with Gasteiger partial charge in [-0.05, 0) is 30.5 Å². The molecule has 6 heteroatoms. The van der Waals surface area contributed by atoms with Crippen molar-refractivity contribution < 1.29 is 9.72 Å². The Hall–Kier alpha value is -2.40. The van der Waals surface area contributed by atoms with Gasteiger partial charge in [-0.1, -0.05) is 41.4 Å². The number of rotatable bonds is 6. The SMILES string of the molecule is Cc1ccc(CCC(=O)N(C)Cc2cc([N+](=O)[O-])ccc2Cl)cc1. The molecule has 0 aliphatic heterocycles. The van der Waals surface area contributed by atoms with Gasteiger partial charge < -0.3 is 4.90 Å². The molecule has 0 aromatic heterocycles. The molecule has 24 heavy (non-hydrogen) atoms. The normalized spacial score (nSPS) is 10.5. The Labute approximate surface area is 146 Å². The number of hydrogen-bond donors (Lipinski definition) is 0. The lowest BCUT2D eigenvalue weighted by Gasteiger charge is -2.18. The van der Waals surface area contributed by atoms with Crippen molar-refractivity contribution in [2.45, 2.75) is 26.3 Å². The number of carbonyl (C=O) groups excluding carboxylic acids is 1. The van der Waals surface area contributed by atoms with Crippen LogP contribution < -0.4 is 0 Å². The maximum absolute atomic E-state index is 12.3. The zero-order valence-electron chi connectivity index (χ0n) is 13.7. The first-order chi connectivity index (χ1) is 11.4. The van der Waals surface area contributed by atoms with Crippen LogP contribution in [0.1, 0.15) is 23.1 Å². The van der Waals surface area contributed by atoms with Gasteiger partial charge in [-0.15, -0.1) is 0 Å². The molecule has 5 nitrogen and oxygen atoms in total. The van der Waals surface area contributed by atoms with E-state index in [4.69, 9.17) is 11.6 Å². The molecule has 2 aromatic rings. The van der Waals surface area contributed by atoms with E-state index in [2.05, 4.69) is 0 Å². The summed E-state index contributed by atoms with van der Waals surface area (Å²) in [6.45, 7) is 2.26. The van der Waals surface area contributed by atoms with Crippen molar-refractivity contribution in [1.29, 1.82) is 0 Å². The molecule has 2 rings (SSSR count). The number of hydrogen-bond acceptors (Lipinski definition) is 3. The van der Waals surface area contributed by atoms with E-state index in [1.807, 2.05) is 31.2 Å². The lowest BCUT2D eigenvalue weighted by Crippen LogP contribution is -2.26. The van der Waals surface area contributed by atoms with Gasteiger partial charge in [-0.25, -0.2) is 0 Å². The smallest absolute Gasteiger partial charge is 0.269 e. The third-order valence-corrected chi connectivity index (χ3v) is 4.19. The van der Waals surface area contributed by atoms with Crippen molar-refractivity contribution in [2.75, 3.05) is 7.05 Å². The average molecular weight is 347 g/mol. The van der Waals surface area contributed by atoms with Crippen LogP contribution in [0.15, 0.2) is 42.5 Å². The quantitative estimate of drug-likeness (QED) is 0.583. The molecule has 0 heterocycles. The Morgan fingerprint density at radius 1 is 1.21 bits per heavy atom. The monoisotopic (exact) mass is 346 g/mol. The van der Waals surface area contributed by atoms with Gasteiger partial charge in [-0.2, -0.15) is 0 Å². The second kappa shape index (κ2) is 7.93. The fourth-order valence-corrected chi connectivity index (χ4v) is 2.51. The van der Waals surface area contributed by atoms with E-state index >= 15 is 0 Å². The number of nitro groups is 1. The summed E-state index contributed by atoms with van der Waals surface area (Å²) >= 11 is 6.08. The summed E-state index contributed by atoms with van der Waals surface area (Å²) in [4.78, 5) is 24.2.